The van der Waals surface area contributed by atoms with Crippen molar-refractivity contribution in [3.05, 3.63) is 70.6 Å². The number of anilines is 1. The molecule has 0 aliphatic carbocycles. The zero-order valence-electron chi connectivity index (χ0n) is 12.8. The molecule has 124 valence electrons. The van der Waals surface area contributed by atoms with Crippen molar-refractivity contribution in [1.29, 1.82) is 0 Å². The van der Waals surface area contributed by atoms with Crippen molar-refractivity contribution in [3.63, 3.8) is 0 Å². The van der Waals surface area contributed by atoms with E-state index < -0.39 is 0 Å². The first-order valence-corrected chi connectivity index (χ1v) is 9.48. The lowest BCUT2D eigenvalue weighted by molar-refractivity contribution is 0.0966. The van der Waals surface area contributed by atoms with Crippen molar-refractivity contribution in [2.45, 2.75) is 0 Å². The molecule has 2 N–H and O–H groups in total. The second-order valence-corrected chi connectivity index (χ2v) is 7.79. The summed E-state index contributed by atoms with van der Waals surface area (Å²) in [7, 11) is 0. The molecule has 0 fully saturated rings. The van der Waals surface area contributed by atoms with E-state index in [-0.39, 0.29) is 5.91 Å². The van der Waals surface area contributed by atoms with Crippen LogP contribution in [0.2, 0.25) is 5.02 Å². The number of aromatic nitrogens is 1. The van der Waals surface area contributed by atoms with Crippen LogP contribution in [0.3, 0.4) is 0 Å². The Kier molecular flexibility index (Phi) is 4.40. The molecule has 0 saturated carbocycles. The number of carbonyl (C=O) groups is 1. The van der Waals surface area contributed by atoms with Crippen LogP contribution in [-0.2, 0) is 0 Å². The van der Waals surface area contributed by atoms with Gasteiger partial charge >= 0.3 is 0 Å². The molecule has 0 unspecified atom stereocenters. The molecular weight excluding hydrogens is 374 g/mol. The number of hydrogen-bond donors (Lipinski definition) is 2. The molecule has 0 aliphatic heterocycles. The Morgan fingerprint density at radius 1 is 1.00 bits per heavy atom. The first-order chi connectivity index (χ1) is 12.2. The molecule has 4 aromatic rings. The summed E-state index contributed by atoms with van der Waals surface area (Å²) in [6.45, 7) is 0. The molecule has 0 spiro atoms. The summed E-state index contributed by atoms with van der Waals surface area (Å²) in [6.07, 6.45) is 0. The van der Waals surface area contributed by atoms with Crippen LogP contribution in [0, 0.1) is 0 Å². The monoisotopic (exact) mass is 385 g/mol. The number of benzene rings is 2. The highest BCUT2D eigenvalue weighted by Crippen LogP contribution is 2.34. The number of amides is 1. The van der Waals surface area contributed by atoms with E-state index in [1.165, 1.54) is 11.3 Å². The number of carbonyl (C=O) groups excluding carboxylic acids is 1. The largest absolute Gasteiger partial charge is 0.298 e. The van der Waals surface area contributed by atoms with E-state index in [0.717, 1.165) is 25.8 Å². The van der Waals surface area contributed by atoms with Gasteiger partial charge in [0.15, 0.2) is 0 Å². The molecule has 7 heteroatoms. The molecule has 0 atom stereocenters. The van der Waals surface area contributed by atoms with Gasteiger partial charge in [-0.25, -0.2) is 4.98 Å². The molecule has 0 bridgehead atoms. The van der Waals surface area contributed by atoms with Gasteiger partial charge in [0.2, 0.25) is 0 Å². The highest BCUT2D eigenvalue weighted by atomic mass is 35.5. The fourth-order valence-electron chi connectivity index (χ4n) is 2.31. The van der Waals surface area contributed by atoms with Gasteiger partial charge in [0, 0.05) is 5.02 Å². The number of nitrogens with one attached hydrogen (secondary N) is 2. The van der Waals surface area contributed by atoms with Gasteiger partial charge in [0.1, 0.15) is 5.01 Å². The van der Waals surface area contributed by atoms with Crippen LogP contribution in [0.4, 0.5) is 5.69 Å². The molecule has 1 amide bonds. The Morgan fingerprint density at radius 3 is 2.72 bits per heavy atom. The first-order valence-electron chi connectivity index (χ1n) is 7.47. The topological polar surface area (TPSA) is 54.0 Å². The standard InChI is InChI=1S/C18H12ClN3OS2/c19-11-4-3-5-12(10-11)21-22-17(23)15-8-9-16(24-15)18-20-13-6-1-2-7-14(13)25-18/h1-10,21H,(H,22,23). The van der Waals surface area contributed by atoms with Crippen molar-refractivity contribution in [3.8, 4) is 9.88 Å². The Labute approximate surface area is 157 Å². The molecule has 4 rings (SSSR count). The number of halogens is 1. The Morgan fingerprint density at radius 2 is 1.88 bits per heavy atom. The average Bonchev–Trinajstić information content (AvgIpc) is 3.26. The maximum atomic E-state index is 12.3. The van der Waals surface area contributed by atoms with Crippen molar-refractivity contribution in [1.82, 2.24) is 10.4 Å². The molecular formula is C18H12ClN3OS2. The third-order valence-corrected chi connectivity index (χ3v) is 6.00. The van der Waals surface area contributed by atoms with Crippen LogP contribution in [0.5, 0.6) is 0 Å². The fourth-order valence-corrected chi connectivity index (χ4v) is 4.42. The normalized spacial score (nSPS) is 10.8. The van der Waals surface area contributed by atoms with Crippen molar-refractivity contribution >= 4 is 56.1 Å². The fraction of sp³-hybridized carbons (Fsp3) is 0. The summed E-state index contributed by atoms with van der Waals surface area (Å²) in [4.78, 5) is 18.5. The van der Waals surface area contributed by atoms with E-state index in [1.54, 1.807) is 29.5 Å². The number of thiophene rings is 1. The molecule has 2 heterocycles. The number of hydrogen-bond acceptors (Lipinski definition) is 5. The third-order valence-electron chi connectivity index (χ3n) is 3.48. The minimum absolute atomic E-state index is 0.197. The lowest BCUT2D eigenvalue weighted by Crippen LogP contribution is -2.28. The zero-order valence-corrected chi connectivity index (χ0v) is 15.2. The third kappa shape index (κ3) is 3.51. The summed E-state index contributed by atoms with van der Waals surface area (Å²) in [5.74, 6) is -0.197. The average molecular weight is 386 g/mol. The van der Waals surface area contributed by atoms with Crippen molar-refractivity contribution < 1.29 is 4.79 Å². The number of fused-ring (bicyclic) bond motifs is 1. The number of thiazole rings is 1. The Hall–Kier alpha value is -2.41. The van der Waals surface area contributed by atoms with Crippen LogP contribution < -0.4 is 10.9 Å². The van der Waals surface area contributed by atoms with Crippen LogP contribution >= 0.6 is 34.3 Å². The van der Waals surface area contributed by atoms with Gasteiger partial charge in [0.25, 0.3) is 5.91 Å². The quantitative estimate of drug-likeness (QED) is 0.460. The van der Waals surface area contributed by atoms with Gasteiger partial charge in [-0.05, 0) is 42.5 Å². The lowest BCUT2D eigenvalue weighted by Gasteiger charge is -2.07. The maximum absolute atomic E-state index is 12.3. The maximum Gasteiger partial charge on any atom is 0.279 e. The van der Waals surface area contributed by atoms with E-state index in [0.29, 0.717) is 9.90 Å². The van der Waals surface area contributed by atoms with Gasteiger partial charge in [-0.2, -0.15) is 0 Å². The molecule has 2 aromatic carbocycles. The van der Waals surface area contributed by atoms with Gasteiger partial charge in [-0.1, -0.05) is 29.8 Å². The van der Waals surface area contributed by atoms with E-state index >= 15 is 0 Å². The molecule has 2 aromatic heterocycles. The summed E-state index contributed by atoms with van der Waals surface area (Å²) in [5, 5.41) is 1.53. The number of rotatable bonds is 4. The highest BCUT2D eigenvalue weighted by Gasteiger charge is 2.13. The second kappa shape index (κ2) is 6.84. The zero-order chi connectivity index (χ0) is 17.2. The smallest absolute Gasteiger partial charge is 0.279 e. The van der Waals surface area contributed by atoms with E-state index in [1.807, 2.05) is 42.5 Å². The SMILES string of the molecule is O=C(NNc1cccc(Cl)c1)c1ccc(-c2nc3ccccc3s2)s1. The Bertz CT molecular complexity index is 1020. The number of nitrogens with zero attached hydrogens (tertiary/aromatic N) is 1. The number of hydrazine groups is 1. The molecule has 0 aliphatic rings. The highest BCUT2D eigenvalue weighted by molar-refractivity contribution is 7.26. The first kappa shape index (κ1) is 16.1. The second-order valence-electron chi connectivity index (χ2n) is 5.24. The van der Waals surface area contributed by atoms with E-state index in [2.05, 4.69) is 15.8 Å². The molecule has 25 heavy (non-hydrogen) atoms. The summed E-state index contributed by atoms with van der Waals surface area (Å²) in [6, 6.07) is 18.9. The Balaban J connectivity index is 1.49. The summed E-state index contributed by atoms with van der Waals surface area (Å²) >= 11 is 8.97. The molecule has 0 radical (unpaired) electrons. The van der Waals surface area contributed by atoms with Gasteiger partial charge < -0.3 is 0 Å². The minimum atomic E-state index is -0.197. The molecule has 0 saturated heterocycles. The minimum Gasteiger partial charge on any atom is -0.298 e. The predicted octanol–water partition coefficient (Wildman–Crippen LogP) is 5.44. The van der Waals surface area contributed by atoms with Crippen LogP contribution in [0.15, 0.2) is 60.7 Å². The van der Waals surface area contributed by atoms with Crippen molar-refractivity contribution in [2.75, 3.05) is 5.43 Å². The van der Waals surface area contributed by atoms with Crippen LogP contribution in [0.25, 0.3) is 20.1 Å². The molecule has 4 nitrogen and oxygen atoms in total. The number of para-hydroxylation sites is 1. The predicted molar refractivity (Wildman–Crippen MR) is 105 cm³/mol. The lowest BCUT2D eigenvalue weighted by atomic mass is 10.3. The van der Waals surface area contributed by atoms with Gasteiger partial charge in [-0.15, -0.1) is 22.7 Å². The van der Waals surface area contributed by atoms with Crippen LogP contribution in [0.1, 0.15) is 9.67 Å². The summed E-state index contributed by atoms with van der Waals surface area (Å²) in [5.41, 5.74) is 7.25. The van der Waals surface area contributed by atoms with E-state index in [9.17, 15) is 4.79 Å². The van der Waals surface area contributed by atoms with Gasteiger partial charge in [0.05, 0.1) is 25.7 Å². The van der Waals surface area contributed by atoms with Gasteiger partial charge in [-0.3, -0.25) is 15.6 Å². The van der Waals surface area contributed by atoms with E-state index in [4.69, 9.17) is 11.6 Å². The van der Waals surface area contributed by atoms with Crippen LogP contribution in [-0.4, -0.2) is 10.9 Å². The summed E-state index contributed by atoms with van der Waals surface area (Å²) < 4.78 is 1.14. The van der Waals surface area contributed by atoms with Crippen molar-refractivity contribution in [2.24, 2.45) is 0 Å².